The van der Waals surface area contributed by atoms with Gasteiger partial charge < -0.3 is 15.8 Å². The summed E-state index contributed by atoms with van der Waals surface area (Å²) >= 11 is 0. The van der Waals surface area contributed by atoms with E-state index in [1.54, 1.807) is 18.8 Å². The van der Waals surface area contributed by atoms with E-state index in [0.717, 1.165) is 29.0 Å². The van der Waals surface area contributed by atoms with E-state index >= 15 is 0 Å². The molecule has 0 radical (unpaired) electrons. The number of benzene rings is 1. The molecular formula is C16H20N4O2. The Morgan fingerprint density at radius 2 is 2.27 bits per heavy atom. The summed E-state index contributed by atoms with van der Waals surface area (Å²) < 4.78 is 7.01. The van der Waals surface area contributed by atoms with Crippen LogP contribution < -0.4 is 15.8 Å². The van der Waals surface area contributed by atoms with Crippen LogP contribution in [0, 0.1) is 6.92 Å². The van der Waals surface area contributed by atoms with Gasteiger partial charge >= 0.3 is 0 Å². The Morgan fingerprint density at radius 1 is 1.50 bits per heavy atom. The molecule has 1 unspecified atom stereocenters. The quantitative estimate of drug-likeness (QED) is 0.899. The molecule has 3 N–H and O–H groups in total. The molecule has 0 saturated carbocycles. The van der Waals surface area contributed by atoms with Crippen molar-refractivity contribution in [1.29, 1.82) is 0 Å². The minimum Gasteiger partial charge on any atom is -0.496 e. The fraction of sp³-hybridized carbons (Fsp3) is 0.375. The minimum absolute atomic E-state index is 0.220. The average molecular weight is 300 g/mol. The van der Waals surface area contributed by atoms with E-state index in [1.165, 1.54) is 0 Å². The van der Waals surface area contributed by atoms with Crippen LogP contribution in [0.25, 0.3) is 0 Å². The van der Waals surface area contributed by atoms with E-state index in [1.807, 2.05) is 31.2 Å². The smallest absolute Gasteiger partial charge is 0.250 e. The van der Waals surface area contributed by atoms with Gasteiger partial charge in [-0.3, -0.25) is 9.48 Å². The van der Waals surface area contributed by atoms with Crippen LogP contribution in [0.5, 0.6) is 5.75 Å². The van der Waals surface area contributed by atoms with Gasteiger partial charge in [0.15, 0.2) is 0 Å². The maximum Gasteiger partial charge on any atom is 0.250 e. The fourth-order valence-electron chi connectivity index (χ4n) is 3.08. The molecule has 6 heteroatoms. The molecule has 1 amide bonds. The largest absolute Gasteiger partial charge is 0.496 e. The molecule has 1 heterocycles. The highest BCUT2D eigenvalue weighted by Gasteiger charge is 2.43. The summed E-state index contributed by atoms with van der Waals surface area (Å²) in [5, 5.41) is 7.11. The zero-order valence-corrected chi connectivity index (χ0v) is 13.0. The second-order valence-electron chi connectivity index (χ2n) is 5.71. The predicted octanol–water partition coefficient (Wildman–Crippen LogP) is 1.48. The number of anilines is 1. The molecule has 0 bridgehead atoms. The lowest BCUT2D eigenvalue weighted by Crippen LogP contribution is -2.46. The lowest BCUT2D eigenvalue weighted by molar-refractivity contribution is -0.121. The lowest BCUT2D eigenvalue weighted by atomic mass is 9.92. The van der Waals surface area contributed by atoms with Gasteiger partial charge in [-0.25, -0.2) is 0 Å². The first-order chi connectivity index (χ1) is 10.5. The van der Waals surface area contributed by atoms with E-state index < -0.39 is 5.54 Å². The number of aryl methyl sites for hydroxylation is 2. The Balaban J connectivity index is 1.93. The molecular weight excluding hydrogens is 280 g/mol. The highest BCUT2D eigenvalue weighted by Crippen LogP contribution is 2.40. The van der Waals surface area contributed by atoms with Gasteiger partial charge in [0.2, 0.25) is 5.91 Å². The number of ether oxygens (including phenoxy) is 1. The number of amides is 1. The van der Waals surface area contributed by atoms with E-state index in [4.69, 9.17) is 10.5 Å². The van der Waals surface area contributed by atoms with Crippen LogP contribution in [0.15, 0.2) is 24.3 Å². The first-order valence-corrected chi connectivity index (χ1v) is 7.23. The van der Waals surface area contributed by atoms with Crippen LogP contribution in [-0.4, -0.2) is 22.8 Å². The van der Waals surface area contributed by atoms with Gasteiger partial charge in [-0.2, -0.15) is 5.10 Å². The molecule has 116 valence electrons. The first-order valence-electron chi connectivity index (χ1n) is 7.23. The van der Waals surface area contributed by atoms with E-state index in [-0.39, 0.29) is 5.91 Å². The van der Waals surface area contributed by atoms with Crippen LogP contribution in [-0.2, 0) is 23.8 Å². The third-order valence-electron chi connectivity index (χ3n) is 4.25. The van der Waals surface area contributed by atoms with Crippen molar-refractivity contribution >= 4 is 11.7 Å². The van der Waals surface area contributed by atoms with Crippen molar-refractivity contribution in [3.63, 3.8) is 0 Å². The summed E-state index contributed by atoms with van der Waals surface area (Å²) in [4.78, 5) is 12.7. The van der Waals surface area contributed by atoms with Crippen LogP contribution in [0.3, 0.4) is 0 Å². The van der Waals surface area contributed by atoms with Gasteiger partial charge in [0, 0.05) is 13.1 Å². The van der Waals surface area contributed by atoms with Crippen LogP contribution in [0.2, 0.25) is 0 Å². The molecule has 0 saturated heterocycles. The van der Waals surface area contributed by atoms with Crippen LogP contribution >= 0.6 is 0 Å². The molecule has 1 aliphatic rings. The lowest BCUT2D eigenvalue weighted by Gasteiger charge is -2.24. The van der Waals surface area contributed by atoms with Crippen molar-refractivity contribution in [2.45, 2.75) is 25.3 Å². The molecule has 1 atom stereocenters. The van der Waals surface area contributed by atoms with Gasteiger partial charge in [0.05, 0.1) is 12.8 Å². The third-order valence-corrected chi connectivity index (χ3v) is 4.25. The molecule has 0 fully saturated rings. The number of nitrogens with two attached hydrogens (primary N) is 1. The number of hydrogen-bond donors (Lipinski definition) is 2. The molecule has 1 aromatic carbocycles. The van der Waals surface area contributed by atoms with Gasteiger partial charge in [0.25, 0.3) is 0 Å². The monoisotopic (exact) mass is 300 g/mol. The van der Waals surface area contributed by atoms with E-state index in [2.05, 4.69) is 10.4 Å². The van der Waals surface area contributed by atoms with Crippen molar-refractivity contribution in [1.82, 2.24) is 9.78 Å². The van der Waals surface area contributed by atoms with Crippen molar-refractivity contribution < 1.29 is 9.53 Å². The summed E-state index contributed by atoms with van der Waals surface area (Å²) in [6.07, 6.45) is 1.29. The second-order valence-corrected chi connectivity index (χ2v) is 5.71. The Hall–Kier alpha value is -2.34. The molecule has 0 aliphatic heterocycles. The normalized spacial score (nSPS) is 19.8. The molecule has 2 aromatic rings. The highest BCUT2D eigenvalue weighted by atomic mass is 16.5. The van der Waals surface area contributed by atoms with Crippen molar-refractivity contribution in [2.24, 2.45) is 12.8 Å². The van der Waals surface area contributed by atoms with Gasteiger partial charge in [-0.1, -0.05) is 12.1 Å². The number of carbonyl (C=O) groups excluding carboxylic acids is 1. The molecule has 0 spiro atoms. The zero-order valence-electron chi connectivity index (χ0n) is 13.0. The van der Waals surface area contributed by atoms with Crippen LogP contribution in [0.1, 0.15) is 23.2 Å². The number of rotatable bonds is 3. The summed E-state index contributed by atoms with van der Waals surface area (Å²) in [6.45, 7) is 1.88. The molecule has 3 rings (SSSR count). The number of fused-ring (bicyclic) bond motifs is 1. The van der Waals surface area contributed by atoms with Gasteiger partial charge in [-0.15, -0.1) is 0 Å². The molecule has 22 heavy (non-hydrogen) atoms. The van der Waals surface area contributed by atoms with Gasteiger partial charge in [0.1, 0.15) is 17.1 Å². The summed E-state index contributed by atoms with van der Waals surface area (Å²) in [5.74, 6) is 1.21. The third kappa shape index (κ3) is 2.16. The maximum atomic E-state index is 12.7. The summed E-state index contributed by atoms with van der Waals surface area (Å²) in [6, 6.07) is 7.49. The number of methoxy groups -OCH3 is 1. The first kappa shape index (κ1) is 14.6. The standard InChI is InChI=1S/C16H20N4O2/c1-10-9-14(20(2)19-10)18-15(21)16(17)8-7-11-12(16)5-4-6-13(11)22-3/h4-6,9H,7-8,17H2,1-3H3,(H,18,21). The van der Waals surface area contributed by atoms with Gasteiger partial charge in [-0.05, 0) is 37.0 Å². The average Bonchev–Trinajstić information content (AvgIpc) is 3.00. The Morgan fingerprint density at radius 3 is 2.91 bits per heavy atom. The predicted molar refractivity (Wildman–Crippen MR) is 83.8 cm³/mol. The summed E-state index contributed by atoms with van der Waals surface area (Å²) in [5.41, 5.74) is 8.10. The second kappa shape index (κ2) is 5.14. The Kier molecular flexibility index (Phi) is 3.41. The number of nitrogens with zero attached hydrogens (tertiary/aromatic N) is 2. The Labute approximate surface area is 129 Å². The number of hydrogen-bond acceptors (Lipinski definition) is 4. The highest BCUT2D eigenvalue weighted by molar-refractivity contribution is 5.99. The maximum absolute atomic E-state index is 12.7. The molecule has 1 aliphatic carbocycles. The number of nitrogens with one attached hydrogen (secondary N) is 1. The van der Waals surface area contributed by atoms with Crippen LogP contribution in [0.4, 0.5) is 5.82 Å². The Bertz CT molecular complexity index is 738. The summed E-state index contributed by atoms with van der Waals surface area (Å²) in [7, 11) is 3.42. The number of carbonyl (C=O) groups is 1. The van der Waals surface area contributed by atoms with Crippen molar-refractivity contribution in [3.8, 4) is 5.75 Å². The number of aromatic nitrogens is 2. The van der Waals surface area contributed by atoms with E-state index in [0.29, 0.717) is 12.2 Å². The topological polar surface area (TPSA) is 82.2 Å². The molecule has 1 aromatic heterocycles. The van der Waals surface area contributed by atoms with Crippen molar-refractivity contribution in [2.75, 3.05) is 12.4 Å². The van der Waals surface area contributed by atoms with E-state index in [9.17, 15) is 4.79 Å². The fourth-order valence-corrected chi connectivity index (χ4v) is 3.08. The zero-order chi connectivity index (χ0) is 15.9. The van der Waals surface area contributed by atoms with Crippen molar-refractivity contribution in [3.05, 3.63) is 41.1 Å². The minimum atomic E-state index is -1.04. The molecule has 6 nitrogen and oxygen atoms in total. The SMILES string of the molecule is COc1cccc2c1CCC2(N)C(=O)Nc1cc(C)nn1C.